The highest BCUT2D eigenvalue weighted by Gasteiger charge is 2.21. The van der Waals surface area contributed by atoms with Gasteiger partial charge in [0.2, 0.25) is 0 Å². The van der Waals surface area contributed by atoms with Gasteiger partial charge in [-0.25, -0.2) is 0 Å². The average molecular weight is 168 g/mol. The third-order valence-electron chi connectivity index (χ3n) is 2.10. The molecule has 0 aromatic carbocycles. The molecule has 0 rings (SSSR count). The Balaban J connectivity index is 4.07. The summed E-state index contributed by atoms with van der Waals surface area (Å²) in [6.45, 7) is 3.92. The number of hydrogen-bond donors (Lipinski definition) is 1. The van der Waals surface area contributed by atoms with Gasteiger partial charge in [-0.05, 0) is 5.92 Å². The molecule has 0 heterocycles. The molecule has 0 saturated heterocycles. The largest absolute Gasteiger partial charge is 0.385 e. The molecule has 0 spiro atoms. The number of terminal acetylenes is 1. The van der Waals surface area contributed by atoms with E-state index in [0.29, 0.717) is 0 Å². The van der Waals surface area contributed by atoms with Crippen LogP contribution in [-0.4, -0.2) is 17.0 Å². The van der Waals surface area contributed by atoms with Crippen molar-refractivity contribution in [1.29, 1.82) is 0 Å². The molecule has 0 bridgehead atoms. The van der Waals surface area contributed by atoms with Crippen LogP contribution in [0.1, 0.15) is 33.1 Å². The van der Waals surface area contributed by atoms with Crippen LogP contribution in [0.25, 0.3) is 0 Å². The predicted octanol–water partition coefficient (Wildman–Crippen LogP) is 1.38. The summed E-state index contributed by atoms with van der Waals surface area (Å²) in [5.74, 6) is 2.07. The number of hydrogen-bond acceptors (Lipinski definition) is 2. The van der Waals surface area contributed by atoms with Crippen LogP contribution in [0.4, 0.5) is 0 Å². The number of rotatable bonds is 5. The lowest BCUT2D eigenvalue weighted by Crippen LogP contribution is -2.28. The van der Waals surface area contributed by atoms with Crippen LogP contribution >= 0.6 is 0 Å². The first-order chi connectivity index (χ1) is 5.67. The van der Waals surface area contributed by atoms with Gasteiger partial charge in [-0.1, -0.05) is 32.6 Å². The molecule has 0 aromatic heterocycles. The van der Waals surface area contributed by atoms with Crippen molar-refractivity contribution in [1.82, 2.24) is 0 Å². The Morgan fingerprint density at radius 1 is 1.50 bits per heavy atom. The first kappa shape index (κ1) is 11.2. The fourth-order valence-electron chi connectivity index (χ4n) is 1.20. The summed E-state index contributed by atoms with van der Waals surface area (Å²) < 4.78 is 0. The molecule has 0 saturated carbocycles. The Kier molecular flexibility index (Phi) is 5.40. The third kappa shape index (κ3) is 3.06. The molecule has 0 fully saturated rings. The summed E-state index contributed by atoms with van der Waals surface area (Å²) in [5, 5.41) is 9.46. The molecule has 0 aromatic rings. The van der Waals surface area contributed by atoms with E-state index in [0.717, 1.165) is 12.8 Å². The smallest absolute Gasteiger partial charge is 0.173 e. The van der Waals surface area contributed by atoms with E-state index in [4.69, 9.17) is 6.42 Å². The van der Waals surface area contributed by atoms with E-state index in [1.54, 1.807) is 0 Å². The highest BCUT2D eigenvalue weighted by atomic mass is 16.3. The predicted molar refractivity (Wildman–Crippen MR) is 48.5 cm³/mol. The van der Waals surface area contributed by atoms with Crippen molar-refractivity contribution in [2.24, 2.45) is 5.92 Å². The fourth-order valence-corrected chi connectivity index (χ4v) is 1.20. The van der Waals surface area contributed by atoms with Crippen LogP contribution in [0, 0.1) is 18.3 Å². The van der Waals surface area contributed by atoms with Crippen LogP contribution in [0.15, 0.2) is 0 Å². The van der Waals surface area contributed by atoms with E-state index in [1.807, 2.05) is 13.8 Å². The van der Waals surface area contributed by atoms with E-state index in [9.17, 15) is 9.90 Å². The van der Waals surface area contributed by atoms with Crippen LogP contribution in [0.3, 0.4) is 0 Å². The van der Waals surface area contributed by atoms with E-state index in [-0.39, 0.29) is 18.1 Å². The Morgan fingerprint density at radius 3 is 2.33 bits per heavy atom. The first-order valence-electron chi connectivity index (χ1n) is 4.31. The summed E-state index contributed by atoms with van der Waals surface area (Å²) in [4.78, 5) is 11.1. The second-order valence-electron chi connectivity index (χ2n) is 2.87. The lowest BCUT2D eigenvalue weighted by molar-refractivity contribution is -0.128. The molecule has 0 radical (unpaired) electrons. The van der Waals surface area contributed by atoms with Gasteiger partial charge < -0.3 is 5.11 Å². The highest BCUT2D eigenvalue weighted by molar-refractivity contribution is 5.85. The molecular formula is C10H16O2. The maximum atomic E-state index is 11.1. The van der Waals surface area contributed by atoms with E-state index in [1.165, 1.54) is 0 Å². The normalized spacial score (nSPS) is 12.6. The lowest BCUT2D eigenvalue weighted by atomic mass is 9.93. The van der Waals surface area contributed by atoms with Gasteiger partial charge in [-0.3, -0.25) is 4.79 Å². The summed E-state index contributed by atoms with van der Waals surface area (Å²) in [6, 6.07) is 0. The Bertz CT molecular complexity index is 175. The minimum Gasteiger partial charge on any atom is -0.385 e. The number of aliphatic hydroxyl groups is 1. The van der Waals surface area contributed by atoms with Crippen molar-refractivity contribution in [2.75, 3.05) is 0 Å². The summed E-state index contributed by atoms with van der Waals surface area (Å²) in [6.07, 6.45) is 5.77. The number of aliphatic hydroxyl groups excluding tert-OH is 1. The fraction of sp³-hybridized carbons (Fsp3) is 0.700. The molecule has 0 aliphatic heterocycles. The van der Waals surface area contributed by atoms with Gasteiger partial charge in [-0.15, -0.1) is 6.42 Å². The van der Waals surface area contributed by atoms with Crippen LogP contribution in [0.5, 0.6) is 0 Å². The number of ketones is 1. The molecule has 1 unspecified atom stereocenters. The van der Waals surface area contributed by atoms with Crippen molar-refractivity contribution in [3.63, 3.8) is 0 Å². The molecule has 2 nitrogen and oxygen atoms in total. The quantitative estimate of drug-likeness (QED) is 0.630. The molecule has 0 aliphatic rings. The third-order valence-corrected chi connectivity index (χ3v) is 2.10. The molecular weight excluding hydrogens is 152 g/mol. The van der Waals surface area contributed by atoms with E-state index in [2.05, 4.69) is 5.92 Å². The maximum Gasteiger partial charge on any atom is 0.173 e. The minimum absolute atomic E-state index is 0.0394. The minimum atomic E-state index is -0.865. The molecule has 0 amide bonds. The van der Waals surface area contributed by atoms with Crippen molar-refractivity contribution >= 4 is 5.78 Å². The Hall–Kier alpha value is -0.810. The topological polar surface area (TPSA) is 37.3 Å². The second kappa shape index (κ2) is 5.79. The van der Waals surface area contributed by atoms with Crippen molar-refractivity contribution in [3.8, 4) is 12.3 Å². The number of carbonyl (C=O) groups is 1. The zero-order valence-electron chi connectivity index (χ0n) is 7.71. The number of carbonyl (C=O) groups excluding carboxylic acids is 1. The summed E-state index contributed by atoms with van der Waals surface area (Å²) >= 11 is 0. The summed E-state index contributed by atoms with van der Waals surface area (Å²) in [5.41, 5.74) is 0. The molecule has 1 N–H and O–H groups in total. The SMILES string of the molecule is C#CCC(=O)C(O)C(CC)CC. The molecule has 1 atom stereocenters. The van der Waals surface area contributed by atoms with E-state index >= 15 is 0 Å². The monoisotopic (exact) mass is 168 g/mol. The highest BCUT2D eigenvalue weighted by Crippen LogP contribution is 2.14. The van der Waals surface area contributed by atoms with Crippen LogP contribution in [0.2, 0.25) is 0 Å². The molecule has 2 heteroatoms. The van der Waals surface area contributed by atoms with Crippen molar-refractivity contribution in [2.45, 2.75) is 39.2 Å². The van der Waals surface area contributed by atoms with Gasteiger partial charge in [0.05, 0.1) is 6.42 Å². The van der Waals surface area contributed by atoms with Gasteiger partial charge in [0, 0.05) is 0 Å². The molecule has 68 valence electrons. The average Bonchev–Trinajstić information content (AvgIpc) is 2.07. The van der Waals surface area contributed by atoms with Gasteiger partial charge in [0.15, 0.2) is 5.78 Å². The van der Waals surface area contributed by atoms with Crippen molar-refractivity contribution in [3.05, 3.63) is 0 Å². The standard InChI is InChI=1S/C10H16O2/c1-4-7-9(11)10(12)8(5-2)6-3/h1,8,10,12H,5-7H2,2-3H3. The molecule has 0 aliphatic carbocycles. The lowest BCUT2D eigenvalue weighted by Gasteiger charge is -2.17. The maximum absolute atomic E-state index is 11.1. The van der Waals surface area contributed by atoms with Crippen LogP contribution in [-0.2, 0) is 4.79 Å². The Morgan fingerprint density at radius 2 is 2.00 bits per heavy atom. The first-order valence-corrected chi connectivity index (χ1v) is 4.31. The van der Waals surface area contributed by atoms with Gasteiger partial charge in [0.25, 0.3) is 0 Å². The number of Topliss-reactive ketones (excluding diaryl/α,β-unsaturated/α-hetero) is 1. The molecule has 12 heavy (non-hydrogen) atoms. The van der Waals surface area contributed by atoms with Gasteiger partial charge >= 0.3 is 0 Å². The summed E-state index contributed by atoms with van der Waals surface area (Å²) in [7, 11) is 0. The van der Waals surface area contributed by atoms with Gasteiger partial charge in [-0.2, -0.15) is 0 Å². The Labute approximate surface area is 74.0 Å². The zero-order chi connectivity index (χ0) is 9.56. The van der Waals surface area contributed by atoms with E-state index < -0.39 is 6.10 Å². The second-order valence-corrected chi connectivity index (χ2v) is 2.87. The van der Waals surface area contributed by atoms with Gasteiger partial charge in [0.1, 0.15) is 6.10 Å². The van der Waals surface area contributed by atoms with Crippen molar-refractivity contribution < 1.29 is 9.90 Å². The zero-order valence-corrected chi connectivity index (χ0v) is 7.71. The van der Waals surface area contributed by atoms with Crippen LogP contribution < -0.4 is 0 Å².